The summed E-state index contributed by atoms with van der Waals surface area (Å²) in [6.45, 7) is 8.21. The fourth-order valence-corrected chi connectivity index (χ4v) is 14.4. The van der Waals surface area contributed by atoms with Gasteiger partial charge in [0.25, 0.3) is 11.8 Å². The van der Waals surface area contributed by atoms with Gasteiger partial charge in [-0.15, -0.1) is 0 Å². The van der Waals surface area contributed by atoms with Crippen molar-refractivity contribution in [1.82, 2.24) is 52.8 Å². The molecule has 1 aromatic carbocycles. The zero-order valence-electron chi connectivity index (χ0n) is 65.0. The highest BCUT2D eigenvalue weighted by Crippen LogP contribution is 2.47. The average molecular weight is 1650 g/mol. The van der Waals surface area contributed by atoms with E-state index in [0.717, 1.165) is 4.90 Å². The molecule has 0 radical (unpaired) electrons. The molecule has 3 aliphatic rings. The van der Waals surface area contributed by atoms with Gasteiger partial charge in [-0.3, -0.25) is 62.4 Å². The fraction of sp³-hybridized carbons (Fsp3) is 0.722. The van der Waals surface area contributed by atoms with Crippen molar-refractivity contribution in [1.29, 1.82) is 0 Å². The summed E-state index contributed by atoms with van der Waals surface area (Å²) in [6.07, 6.45) is -0.372. The van der Waals surface area contributed by atoms with Crippen LogP contribution in [-0.2, 0) is 112 Å². The lowest BCUT2D eigenvalue weighted by Gasteiger charge is -2.31. The van der Waals surface area contributed by atoms with Gasteiger partial charge in [0, 0.05) is 86.6 Å². The second-order valence-electron chi connectivity index (χ2n) is 26.7. The molecule has 12 amide bonds. The molecule has 0 saturated carbocycles. The number of aliphatic hydroxyl groups excluding tert-OH is 4. The summed E-state index contributed by atoms with van der Waals surface area (Å²) >= 11 is -0.741. The number of nitrogens with one attached hydrogen (secondary N) is 10. The first kappa shape index (κ1) is 97.9. The summed E-state index contributed by atoms with van der Waals surface area (Å²) in [5.74, 6) is -10.7. The Morgan fingerprint density at radius 1 is 0.699 bits per heavy atom. The molecule has 3 aliphatic heterocycles. The zero-order chi connectivity index (χ0) is 82.9. The number of anilines is 1. The van der Waals surface area contributed by atoms with Crippen LogP contribution in [0.25, 0.3) is 0 Å². The Labute approximate surface area is 665 Å². The molecule has 1 fully saturated rings. The summed E-state index contributed by atoms with van der Waals surface area (Å²) < 4.78 is 65.3. The van der Waals surface area contributed by atoms with Crippen LogP contribution in [0.15, 0.2) is 24.3 Å². The van der Waals surface area contributed by atoms with Crippen LogP contribution in [0.3, 0.4) is 0 Å². The first-order valence-electron chi connectivity index (χ1n) is 38.0. The molecular formula is C72H119N13O26S2. The third kappa shape index (κ3) is 38.2. The molecule has 0 bridgehead atoms. The fourth-order valence-electron chi connectivity index (χ4n) is 11.7. The van der Waals surface area contributed by atoms with Crippen molar-refractivity contribution >= 4 is 99.5 Å². The van der Waals surface area contributed by atoms with E-state index in [9.17, 15) is 78.0 Å². The highest BCUT2D eigenvalue weighted by atomic mass is 32.2. The van der Waals surface area contributed by atoms with Crippen molar-refractivity contribution < 1.29 is 125 Å². The molecule has 1 saturated heterocycles. The van der Waals surface area contributed by atoms with E-state index in [1.807, 2.05) is 13.8 Å². The molecule has 4 rings (SSSR count). The molecule has 12 atom stereocenters. The number of β-amino-alcohol motifs (C(OH)–C–C–N with tert-alkyl or cyclic N) is 1. The number of unbranched alkanes of at least 4 members (excludes halogenated alkanes) is 1. The first-order valence-corrected chi connectivity index (χ1v) is 40.6. The highest BCUT2D eigenvalue weighted by Gasteiger charge is 2.46. The number of ether oxygens (including phenoxy) is 9. The number of benzene rings is 1. The van der Waals surface area contributed by atoms with E-state index in [1.165, 1.54) is 37.9 Å². The number of nitrogens with zero attached hydrogens (tertiary/aromatic N) is 1. The van der Waals surface area contributed by atoms with Gasteiger partial charge >= 0.3 is 0 Å². The lowest BCUT2D eigenvalue weighted by atomic mass is 9.88. The number of methoxy groups -OCH3 is 1. The molecule has 41 heteroatoms. The molecule has 113 heavy (non-hydrogen) atoms. The predicted octanol–water partition coefficient (Wildman–Crippen LogP) is -5.33. The topological polar surface area (TPSA) is 567 Å². The van der Waals surface area contributed by atoms with Crippen molar-refractivity contribution in [3.05, 3.63) is 35.4 Å². The lowest BCUT2D eigenvalue weighted by Crippen LogP contribution is -2.59. The van der Waals surface area contributed by atoms with Crippen molar-refractivity contribution in [2.75, 3.05) is 189 Å². The molecule has 0 aromatic heterocycles. The number of rotatable bonds is 54. The van der Waals surface area contributed by atoms with E-state index in [-0.39, 0.29) is 89.4 Å². The maximum Gasteiger partial charge on any atom is 0.253 e. The number of fused-ring (bicyclic) bond motifs is 3. The largest absolute Gasteiger partial charge is 0.615 e. The van der Waals surface area contributed by atoms with Crippen LogP contribution in [-0.4, -0.2) is 326 Å². The van der Waals surface area contributed by atoms with Gasteiger partial charge in [-0.2, -0.15) is 11.8 Å². The maximum atomic E-state index is 15.3. The van der Waals surface area contributed by atoms with E-state index in [0.29, 0.717) is 146 Å². The van der Waals surface area contributed by atoms with Gasteiger partial charge in [0.15, 0.2) is 11.4 Å². The molecule has 0 spiro atoms. The molecule has 39 nitrogen and oxygen atoms in total. The second kappa shape index (κ2) is 56.7. The Hall–Kier alpha value is -7.46. The Kier molecular flexibility index (Phi) is 49.2. The molecule has 3 unspecified atom stereocenters. The average Bonchev–Trinajstić information content (AvgIpc) is 1.62. The van der Waals surface area contributed by atoms with Crippen LogP contribution in [0, 0.1) is 17.8 Å². The summed E-state index contributed by atoms with van der Waals surface area (Å²) in [5.41, 5.74) is 12.6. The van der Waals surface area contributed by atoms with E-state index in [4.69, 9.17) is 54.1 Å². The van der Waals surface area contributed by atoms with Gasteiger partial charge in [-0.1, -0.05) is 33.3 Å². The number of hydrogen-bond acceptors (Lipinski definition) is 29. The first-order chi connectivity index (χ1) is 54.3. The number of imide groups is 1. The number of aliphatic hydroxyl groups is 4. The van der Waals surface area contributed by atoms with Gasteiger partial charge in [-0.25, -0.2) is 0 Å². The number of amides is 12. The van der Waals surface area contributed by atoms with E-state index < -0.39 is 175 Å². The van der Waals surface area contributed by atoms with Gasteiger partial charge in [0.1, 0.15) is 23.6 Å². The van der Waals surface area contributed by atoms with Crippen LogP contribution >= 0.6 is 11.8 Å². The Bertz CT molecular complexity index is 3140. The minimum Gasteiger partial charge on any atom is -0.615 e. The highest BCUT2D eigenvalue weighted by molar-refractivity contribution is 7.98. The molecule has 0 aliphatic carbocycles. The molecule has 1 aromatic rings. The van der Waals surface area contributed by atoms with E-state index in [2.05, 4.69) is 53.2 Å². The minimum atomic E-state index is -2.27. The van der Waals surface area contributed by atoms with Crippen LogP contribution < -0.4 is 69.4 Å². The number of nitrogens with two attached hydrogens (primary N) is 2. The van der Waals surface area contributed by atoms with Crippen LogP contribution in [0.5, 0.6) is 5.75 Å². The van der Waals surface area contributed by atoms with Crippen molar-refractivity contribution in [2.24, 2.45) is 29.2 Å². The van der Waals surface area contributed by atoms with Crippen molar-refractivity contribution in [3.8, 4) is 5.75 Å². The van der Waals surface area contributed by atoms with Crippen LogP contribution in [0.1, 0.15) is 95.6 Å². The molecule has 18 N–H and O–H groups in total. The van der Waals surface area contributed by atoms with Gasteiger partial charge in [-0.05, 0) is 60.2 Å². The summed E-state index contributed by atoms with van der Waals surface area (Å²) in [5, 5.41) is 67.9. The smallest absolute Gasteiger partial charge is 0.253 e. The van der Waals surface area contributed by atoms with Gasteiger partial charge in [0.05, 0.1) is 176 Å². The zero-order valence-corrected chi connectivity index (χ0v) is 66.6. The molecule has 3 heterocycles. The van der Waals surface area contributed by atoms with Crippen molar-refractivity contribution in [2.45, 2.75) is 132 Å². The Balaban J connectivity index is 1.24. The monoisotopic (exact) mass is 1650 g/mol. The SMILES string of the molecule is CC[C@H](C)[C@H](CCNC(=O)CN)C(=O)NCC(=O)N[C@@H]1C[S+]([O-])C2Nc3c(ccc(OC)c3CSCCCCNC(=O)CCOCCOCCOCCOCCOCCOCCOCCOCCNC(=O)CCN3C(=O)C=CC3=O)C2C[C@@H](CO)NC(=O)[C@H]([C@@H](C)[C@@H](O)CO)NC(=O)C[C@@H](O)CNC(=O)[C@H](CC(N)=O)NC1=O. The second-order valence-corrected chi connectivity index (χ2v) is 29.4. The standard InChI is InChI=1S/C72H119N13O26S2/c1-5-46(2)50(12-16-76-62(94)39-73)68(98)79-41-63(95)81-55-45-113(102)72-52(36-48(42-86)80-71(101)66(47(3)56(89)43-87)83-61(93)37-49(88)40-78-69(99)54(38-58(74)90)82-70(55)100)51-8-9-57(103-4)53(67(51)84-72)44-112-35-7-6-15-75-60(92)14-19-104-21-23-106-25-27-108-29-31-110-33-34-111-32-30-109-28-26-107-24-22-105-20-17-77-59(91)13-18-85-64(96)10-11-65(85)97/h8-11,46-50,52,54-56,66,72,84,86-89H,5-7,12-45,73H2,1-4H3,(H2,74,90)(H,75,92)(H,76,94)(H,77,91)(H,78,99)(H,79,98)(H,80,101)(H,81,95)(H,82,100)(H,83,93)/t46-,47-,48-,49+,50-,52?,54-,55+,56-,66-,72?,113?/m0/s1. The summed E-state index contributed by atoms with van der Waals surface area (Å²) in [7, 11) is 1.46. The predicted molar refractivity (Wildman–Crippen MR) is 411 cm³/mol. The summed E-state index contributed by atoms with van der Waals surface area (Å²) in [6, 6.07) is -2.91. The Morgan fingerprint density at radius 2 is 1.27 bits per heavy atom. The number of carbonyl (C=O) groups excluding carboxylic acids is 12. The van der Waals surface area contributed by atoms with Gasteiger partial charge in [0.2, 0.25) is 59.1 Å². The number of carbonyl (C=O) groups is 12. The van der Waals surface area contributed by atoms with Crippen LogP contribution in [0.2, 0.25) is 0 Å². The van der Waals surface area contributed by atoms with Gasteiger partial charge < -0.3 is 132 Å². The maximum absolute atomic E-state index is 15.3. The molecular weight excluding hydrogens is 1530 g/mol. The minimum absolute atomic E-state index is 0.0152. The normalized spacial score (nSPS) is 20.7. The number of hydrogen-bond donors (Lipinski definition) is 16. The summed E-state index contributed by atoms with van der Waals surface area (Å²) in [4.78, 5) is 157. The third-order valence-electron chi connectivity index (χ3n) is 18.3. The number of primary amides is 1. The number of thioether (sulfide) groups is 1. The van der Waals surface area contributed by atoms with E-state index in [1.54, 1.807) is 12.1 Å². The third-order valence-corrected chi connectivity index (χ3v) is 21.0. The van der Waals surface area contributed by atoms with Crippen LogP contribution in [0.4, 0.5) is 5.69 Å². The Morgan fingerprint density at radius 3 is 1.84 bits per heavy atom. The molecule has 640 valence electrons. The quantitative estimate of drug-likeness (QED) is 0.0165. The van der Waals surface area contributed by atoms with E-state index >= 15 is 4.55 Å². The van der Waals surface area contributed by atoms with Crippen molar-refractivity contribution in [3.63, 3.8) is 0 Å². The lowest BCUT2D eigenvalue weighted by molar-refractivity contribution is -0.137.